The van der Waals surface area contributed by atoms with Crippen LogP contribution < -0.4 is 5.32 Å². The second-order valence-corrected chi connectivity index (χ2v) is 7.55. The maximum atomic E-state index is 10.9. The van der Waals surface area contributed by atoms with E-state index in [2.05, 4.69) is 24.8 Å². The summed E-state index contributed by atoms with van der Waals surface area (Å²) in [7, 11) is -4.75. The molecule has 1 aliphatic rings. The maximum Gasteiger partial charge on any atom is 0.469 e. The van der Waals surface area contributed by atoms with Crippen LogP contribution in [0.3, 0.4) is 0 Å². The van der Waals surface area contributed by atoms with Gasteiger partial charge in [0.05, 0.1) is 25.7 Å². The molecule has 3 aromatic heterocycles. The average Bonchev–Trinajstić information content (AvgIpc) is 3.39. The molecule has 1 saturated heterocycles. The van der Waals surface area contributed by atoms with Gasteiger partial charge in [-0.1, -0.05) is 0 Å². The van der Waals surface area contributed by atoms with Gasteiger partial charge in [-0.25, -0.2) is 19.5 Å². The van der Waals surface area contributed by atoms with Gasteiger partial charge in [-0.3, -0.25) is 9.09 Å². The number of rotatable bonds is 7. The molecule has 1 aliphatic heterocycles. The Labute approximate surface area is 163 Å². The summed E-state index contributed by atoms with van der Waals surface area (Å²) < 4.78 is 27.5. The lowest BCUT2D eigenvalue weighted by Crippen LogP contribution is -2.33. The Hall–Kier alpha value is -2.38. The Morgan fingerprint density at radius 1 is 1.24 bits per heavy atom. The van der Waals surface area contributed by atoms with Crippen molar-refractivity contribution in [3.05, 3.63) is 36.8 Å². The molecular formula is C15H18N5O8P. The van der Waals surface area contributed by atoms with Crippen LogP contribution in [0.4, 0.5) is 5.82 Å². The zero-order chi connectivity index (χ0) is 20.6. The highest BCUT2D eigenvalue weighted by molar-refractivity contribution is 7.46. The standard InChI is InChI=1S/C15H18N5O8P/c21-11-9(5-27-29(23,24)25)28-15(12(11)22)20-7-19-10-13(17-6-18-14(10)20)16-4-8-2-1-3-26-8/h1-3,6-7,9,11-12,15,21-22H,4-5H2,(H,16,17,18)(H2,23,24,25)/t9-,11+,12+,15-/m1/s1/i5+1,9+1,11+1,12+1,15+1. The summed E-state index contributed by atoms with van der Waals surface area (Å²) in [5.41, 5.74) is 0.731. The number of ether oxygens (including phenoxy) is 1. The molecule has 0 aliphatic carbocycles. The molecule has 4 atom stereocenters. The summed E-state index contributed by atoms with van der Waals surface area (Å²) in [6.07, 6.45) is -0.847. The third kappa shape index (κ3) is 4.16. The Morgan fingerprint density at radius 3 is 2.79 bits per heavy atom. The number of aromatic nitrogens is 4. The minimum Gasteiger partial charge on any atom is -0.467 e. The van der Waals surface area contributed by atoms with Crippen molar-refractivity contribution in [2.45, 2.75) is 31.1 Å². The molecular weight excluding hydrogens is 414 g/mol. The lowest BCUT2D eigenvalue weighted by molar-refractivity contribution is -0.0504. The number of aliphatic hydroxyl groups excluding tert-OH is 2. The summed E-state index contributed by atoms with van der Waals surface area (Å²) in [6, 6.07) is 3.56. The topological polar surface area (TPSA) is 185 Å². The van der Waals surface area contributed by atoms with Crippen molar-refractivity contribution in [1.29, 1.82) is 0 Å². The zero-order valence-electron chi connectivity index (χ0n) is 14.8. The molecule has 14 heteroatoms. The van der Waals surface area contributed by atoms with Gasteiger partial charge < -0.3 is 34.5 Å². The van der Waals surface area contributed by atoms with Crippen LogP contribution in [-0.2, 0) is 20.4 Å². The van der Waals surface area contributed by atoms with E-state index in [1.54, 1.807) is 18.4 Å². The number of imidazole rings is 1. The number of fused-ring (bicyclic) bond motifs is 1. The van der Waals surface area contributed by atoms with E-state index in [-0.39, 0.29) is 0 Å². The molecule has 13 nitrogen and oxygen atoms in total. The first-order valence-corrected chi connectivity index (χ1v) is 10.0. The smallest absolute Gasteiger partial charge is 0.467 e. The van der Waals surface area contributed by atoms with Crippen LogP contribution in [0.25, 0.3) is 11.2 Å². The Bertz CT molecular complexity index is 1020. The lowest BCUT2D eigenvalue weighted by atomic mass is 10.4. The number of furan rings is 1. The summed E-state index contributed by atoms with van der Waals surface area (Å²) in [5, 5.41) is 23.6. The summed E-state index contributed by atoms with van der Waals surface area (Å²) in [4.78, 5) is 30.2. The van der Waals surface area contributed by atoms with Crippen molar-refractivity contribution >= 4 is 24.8 Å². The highest BCUT2D eigenvalue weighted by Gasteiger charge is 2.45. The van der Waals surface area contributed by atoms with Crippen molar-refractivity contribution < 1.29 is 38.2 Å². The van der Waals surface area contributed by atoms with Crippen molar-refractivity contribution in [3.63, 3.8) is 0 Å². The Kier molecular flexibility index (Phi) is 5.36. The van der Waals surface area contributed by atoms with Gasteiger partial charge in [-0.2, -0.15) is 0 Å². The van der Waals surface area contributed by atoms with Crippen molar-refractivity contribution in [3.8, 4) is 0 Å². The van der Waals surface area contributed by atoms with Gasteiger partial charge in [0.2, 0.25) is 0 Å². The normalized spacial score (nSPS) is 25.0. The molecule has 0 saturated carbocycles. The SMILES string of the molecule is O=P(O)(O)O[13CH2][13C@H]1O[13C@@H](n2cnc3c(NCc4ccco4)ncnc32)[13C@@H](O)[13C@H]1O. The largest absolute Gasteiger partial charge is 0.469 e. The molecule has 1 fully saturated rings. The molecule has 4 rings (SSSR count). The maximum absolute atomic E-state index is 10.9. The molecule has 29 heavy (non-hydrogen) atoms. The number of hydrogen-bond donors (Lipinski definition) is 5. The molecule has 0 radical (unpaired) electrons. The van der Waals surface area contributed by atoms with Crippen molar-refractivity contribution in [2.24, 2.45) is 0 Å². The minimum atomic E-state index is -4.75. The number of nitrogens with one attached hydrogen (secondary N) is 1. The third-order valence-electron chi connectivity index (χ3n) is 4.39. The summed E-state index contributed by atoms with van der Waals surface area (Å²) in [5.74, 6) is 1.13. The van der Waals surface area contributed by atoms with E-state index >= 15 is 0 Å². The van der Waals surface area contributed by atoms with Gasteiger partial charge >= 0.3 is 7.82 Å². The first kappa shape index (κ1) is 19.9. The van der Waals surface area contributed by atoms with Crippen LogP contribution in [0.5, 0.6) is 0 Å². The van der Waals surface area contributed by atoms with E-state index < -0.39 is 39.0 Å². The number of nitrogens with zero attached hydrogens (tertiary/aromatic N) is 4. The van der Waals surface area contributed by atoms with Crippen molar-refractivity contribution in [2.75, 3.05) is 11.9 Å². The predicted octanol–water partition coefficient (Wildman–Crippen LogP) is -0.240. The number of phosphoric acid groups is 1. The van der Waals surface area contributed by atoms with E-state index in [1.807, 2.05) is 0 Å². The number of anilines is 1. The minimum absolute atomic E-state index is 0.328. The van der Waals surface area contributed by atoms with Crippen LogP contribution >= 0.6 is 7.82 Å². The Morgan fingerprint density at radius 2 is 2.07 bits per heavy atom. The number of phosphoric ester groups is 1. The highest BCUT2D eigenvalue weighted by Crippen LogP contribution is 2.38. The number of aliphatic hydroxyl groups is 2. The van der Waals surface area contributed by atoms with Gasteiger partial charge in [0, 0.05) is 0 Å². The van der Waals surface area contributed by atoms with E-state index in [0.717, 1.165) is 0 Å². The highest BCUT2D eigenvalue weighted by atomic mass is 31.2. The van der Waals surface area contributed by atoms with Crippen LogP contribution in [0, 0.1) is 0 Å². The van der Waals surface area contributed by atoms with Gasteiger partial charge in [-0.05, 0) is 12.1 Å². The molecule has 0 unspecified atom stereocenters. The predicted molar refractivity (Wildman–Crippen MR) is 95.3 cm³/mol. The second-order valence-electron chi connectivity index (χ2n) is 6.31. The molecule has 4 heterocycles. The molecule has 0 aromatic carbocycles. The van der Waals surface area contributed by atoms with Gasteiger partial charge in [-0.15, -0.1) is 0 Å². The summed E-state index contributed by atoms with van der Waals surface area (Å²) >= 11 is 0. The van der Waals surface area contributed by atoms with E-state index in [9.17, 15) is 14.8 Å². The van der Waals surface area contributed by atoms with Crippen LogP contribution in [0.1, 0.15) is 12.0 Å². The molecule has 5 N–H and O–H groups in total. The first-order chi connectivity index (χ1) is 13.8. The molecule has 0 amide bonds. The summed E-state index contributed by atoms with van der Waals surface area (Å²) in [6.45, 7) is -0.231. The number of hydrogen-bond acceptors (Lipinski definition) is 10. The van der Waals surface area contributed by atoms with Gasteiger partial charge in [0.15, 0.2) is 23.2 Å². The van der Waals surface area contributed by atoms with Crippen LogP contribution in [0.2, 0.25) is 0 Å². The average molecular weight is 432 g/mol. The van der Waals surface area contributed by atoms with E-state index in [4.69, 9.17) is 18.9 Å². The van der Waals surface area contributed by atoms with E-state index in [0.29, 0.717) is 29.3 Å². The molecule has 0 spiro atoms. The van der Waals surface area contributed by atoms with Gasteiger partial charge in [0.1, 0.15) is 30.4 Å². The fourth-order valence-electron chi connectivity index (χ4n) is 3.02. The van der Waals surface area contributed by atoms with Crippen LogP contribution in [0.15, 0.2) is 35.5 Å². The molecule has 156 valence electrons. The first-order valence-electron chi connectivity index (χ1n) is 8.49. The molecule has 3 aromatic rings. The lowest BCUT2D eigenvalue weighted by Gasteiger charge is -2.16. The van der Waals surface area contributed by atoms with Crippen molar-refractivity contribution in [1.82, 2.24) is 19.5 Å². The fourth-order valence-corrected chi connectivity index (χ4v) is 3.36. The third-order valence-corrected chi connectivity index (χ3v) is 4.87. The fraction of sp³-hybridized carbons (Fsp3) is 0.400. The van der Waals surface area contributed by atoms with Gasteiger partial charge in [0.25, 0.3) is 0 Å². The second kappa shape index (κ2) is 7.80. The van der Waals surface area contributed by atoms with Crippen LogP contribution in [-0.4, -0.2) is 64.4 Å². The quantitative estimate of drug-likeness (QED) is 0.244. The monoisotopic (exact) mass is 432 g/mol. The van der Waals surface area contributed by atoms with E-state index in [1.165, 1.54) is 17.2 Å². The Balaban J connectivity index is 1.54. The molecule has 0 bridgehead atoms. The zero-order valence-corrected chi connectivity index (χ0v) is 15.7.